The van der Waals surface area contributed by atoms with Gasteiger partial charge >= 0.3 is 0 Å². The zero-order chi connectivity index (χ0) is 23.3. The molecule has 1 heterocycles. The van der Waals surface area contributed by atoms with Crippen molar-refractivity contribution in [3.63, 3.8) is 0 Å². The summed E-state index contributed by atoms with van der Waals surface area (Å²) in [5.41, 5.74) is 1.82. The van der Waals surface area contributed by atoms with Gasteiger partial charge in [0.2, 0.25) is 8.32 Å². The maximum Gasteiger partial charge on any atom is 0.283 e. The highest BCUT2D eigenvalue weighted by atomic mass is 28.4. The standard InChI is InChI=1S/C23H37N3O4Si/c1-16(2)31(17(3)4,18(5)6)29-15-19(7)30-21-11-9-10-20(14-21)23(27)26(28)22-12-13-25(8)24-22/h9-14,16-19,28H,15H2,1-8H3/t19-/m0/s1. The topological polar surface area (TPSA) is 76.8 Å². The highest BCUT2D eigenvalue weighted by molar-refractivity contribution is 6.77. The van der Waals surface area contributed by atoms with Gasteiger partial charge in [-0.2, -0.15) is 10.2 Å². The third-order valence-corrected chi connectivity index (χ3v) is 11.9. The van der Waals surface area contributed by atoms with E-state index in [0.717, 1.165) is 0 Å². The van der Waals surface area contributed by atoms with Gasteiger partial charge in [0.15, 0.2) is 5.82 Å². The van der Waals surface area contributed by atoms with Crippen LogP contribution in [0.15, 0.2) is 36.5 Å². The van der Waals surface area contributed by atoms with Gasteiger partial charge in [0.05, 0.1) is 6.61 Å². The van der Waals surface area contributed by atoms with Crippen LogP contribution >= 0.6 is 0 Å². The summed E-state index contributed by atoms with van der Waals surface area (Å²) in [7, 11) is -0.252. The summed E-state index contributed by atoms with van der Waals surface area (Å²) in [4.78, 5) is 12.6. The van der Waals surface area contributed by atoms with Crippen LogP contribution in [0.5, 0.6) is 5.75 Å². The highest BCUT2D eigenvalue weighted by Crippen LogP contribution is 2.42. The number of anilines is 1. The molecule has 0 saturated carbocycles. The van der Waals surface area contributed by atoms with E-state index in [-0.39, 0.29) is 11.9 Å². The zero-order valence-corrected chi connectivity index (χ0v) is 21.0. The predicted octanol–water partition coefficient (Wildman–Crippen LogP) is 5.42. The van der Waals surface area contributed by atoms with E-state index in [2.05, 4.69) is 46.6 Å². The molecule has 1 aromatic heterocycles. The van der Waals surface area contributed by atoms with E-state index in [1.165, 1.54) is 4.68 Å². The monoisotopic (exact) mass is 447 g/mol. The number of hydrogen-bond donors (Lipinski definition) is 1. The predicted molar refractivity (Wildman–Crippen MR) is 125 cm³/mol. The molecule has 8 heteroatoms. The lowest BCUT2D eigenvalue weighted by molar-refractivity contribution is 0.0850. The molecule has 0 radical (unpaired) electrons. The molecule has 2 aromatic rings. The second-order valence-electron chi connectivity index (χ2n) is 9.05. The van der Waals surface area contributed by atoms with Crippen LogP contribution in [0.3, 0.4) is 0 Å². The van der Waals surface area contributed by atoms with Crippen LogP contribution in [0.25, 0.3) is 0 Å². The number of hydroxylamine groups is 1. The number of ether oxygens (including phenoxy) is 1. The van der Waals surface area contributed by atoms with Crippen molar-refractivity contribution in [1.29, 1.82) is 0 Å². The minimum absolute atomic E-state index is 0.165. The van der Waals surface area contributed by atoms with Crippen LogP contribution in [0, 0.1) is 0 Å². The third-order valence-electron chi connectivity index (χ3n) is 5.80. The Bertz CT molecular complexity index is 844. The highest BCUT2D eigenvalue weighted by Gasteiger charge is 2.45. The average Bonchev–Trinajstić information content (AvgIpc) is 3.13. The Morgan fingerprint density at radius 2 is 1.71 bits per heavy atom. The first-order chi connectivity index (χ1) is 14.5. The first-order valence-electron chi connectivity index (χ1n) is 10.9. The van der Waals surface area contributed by atoms with Crippen LogP contribution in [0.4, 0.5) is 5.82 Å². The van der Waals surface area contributed by atoms with Crippen LogP contribution in [0.2, 0.25) is 16.6 Å². The summed E-state index contributed by atoms with van der Waals surface area (Å²) in [6.45, 7) is 16.0. The summed E-state index contributed by atoms with van der Waals surface area (Å²) < 4.78 is 14.2. The normalized spacial score (nSPS) is 13.2. The number of hydrogen-bond acceptors (Lipinski definition) is 5. The Hall–Kier alpha value is -2.16. The first kappa shape index (κ1) is 25.1. The minimum atomic E-state index is -1.97. The minimum Gasteiger partial charge on any atom is -0.488 e. The molecule has 1 amide bonds. The molecule has 0 aliphatic rings. The number of aromatic nitrogens is 2. The van der Waals surface area contributed by atoms with E-state index in [1.54, 1.807) is 43.6 Å². The molecular formula is C23H37N3O4Si. The van der Waals surface area contributed by atoms with E-state index in [9.17, 15) is 10.0 Å². The van der Waals surface area contributed by atoms with Gasteiger partial charge in [-0.3, -0.25) is 14.7 Å². The molecule has 0 aliphatic heterocycles. The summed E-state index contributed by atoms with van der Waals surface area (Å²) in [5.74, 6) is 0.152. The Kier molecular flexibility index (Phi) is 8.45. The van der Waals surface area contributed by atoms with Crippen LogP contribution in [-0.4, -0.2) is 41.9 Å². The molecule has 0 fully saturated rings. The fraction of sp³-hybridized carbons (Fsp3) is 0.565. The Morgan fingerprint density at radius 1 is 1.10 bits per heavy atom. The quantitative estimate of drug-likeness (QED) is 0.299. The summed E-state index contributed by atoms with van der Waals surface area (Å²) in [6.07, 6.45) is 1.48. The number of carbonyl (C=O) groups is 1. The Labute approximate surface area is 187 Å². The molecular weight excluding hydrogens is 410 g/mol. The van der Waals surface area contributed by atoms with Crippen molar-refractivity contribution < 1.29 is 19.2 Å². The smallest absolute Gasteiger partial charge is 0.283 e. The number of carbonyl (C=O) groups excluding carboxylic acids is 1. The van der Waals surface area contributed by atoms with Crippen LogP contribution in [-0.2, 0) is 11.5 Å². The molecule has 1 N–H and O–H groups in total. The molecule has 7 nitrogen and oxygen atoms in total. The molecule has 1 aromatic carbocycles. The first-order valence-corrected chi connectivity index (χ1v) is 13.1. The molecule has 172 valence electrons. The van der Waals surface area contributed by atoms with Crippen molar-refractivity contribution in [3.8, 4) is 5.75 Å². The van der Waals surface area contributed by atoms with Gasteiger partial charge in [0, 0.05) is 24.9 Å². The van der Waals surface area contributed by atoms with Crippen molar-refractivity contribution in [2.24, 2.45) is 7.05 Å². The second kappa shape index (κ2) is 10.4. The molecule has 1 atom stereocenters. The molecule has 2 rings (SSSR count). The number of aryl methyl sites for hydroxylation is 1. The van der Waals surface area contributed by atoms with Gasteiger partial charge in [-0.25, -0.2) is 0 Å². The van der Waals surface area contributed by atoms with Crippen molar-refractivity contribution in [2.45, 2.75) is 71.2 Å². The molecule has 0 aliphatic carbocycles. The molecule has 31 heavy (non-hydrogen) atoms. The SMILES string of the molecule is CC(C)[Si](OC[C@H](C)Oc1cccc(C(=O)N(O)c2ccn(C)n2)c1)(C(C)C)C(C)C. The van der Waals surface area contributed by atoms with E-state index >= 15 is 0 Å². The summed E-state index contributed by atoms with van der Waals surface area (Å²) >= 11 is 0. The Morgan fingerprint density at radius 3 is 2.23 bits per heavy atom. The van der Waals surface area contributed by atoms with E-state index in [0.29, 0.717) is 39.6 Å². The van der Waals surface area contributed by atoms with Gasteiger partial charge in [0.25, 0.3) is 5.91 Å². The number of benzene rings is 1. The molecule has 0 spiro atoms. The third kappa shape index (κ3) is 5.75. The largest absolute Gasteiger partial charge is 0.488 e. The summed E-state index contributed by atoms with van der Waals surface area (Å²) in [6, 6.07) is 8.36. The van der Waals surface area contributed by atoms with Crippen LogP contribution < -0.4 is 9.80 Å². The Balaban J connectivity index is 2.07. The van der Waals surface area contributed by atoms with Gasteiger partial charge in [-0.15, -0.1) is 0 Å². The number of amides is 1. The molecule has 0 saturated heterocycles. The van der Waals surface area contributed by atoms with Crippen molar-refractivity contribution in [1.82, 2.24) is 9.78 Å². The fourth-order valence-electron chi connectivity index (χ4n) is 4.47. The van der Waals surface area contributed by atoms with Crippen LogP contribution in [0.1, 0.15) is 58.8 Å². The zero-order valence-electron chi connectivity index (χ0n) is 20.0. The van der Waals surface area contributed by atoms with E-state index in [1.807, 2.05) is 6.92 Å². The maximum atomic E-state index is 12.6. The van der Waals surface area contributed by atoms with E-state index < -0.39 is 14.2 Å². The van der Waals surface area contributed by atoms with Crippen molar-refractivity contribution in [2.75, 3.05) is 11.7 Å². The molecule has 0 unspecified atom stereocenters. The summed E-state index contributed by atoms with van der Waals surface area (Å²) in [5, 5.41) is 14.8. The molecule has 0 bridgehead atoms. The van der Waals surface area contributed by atoms with Gasteiger partial charge < -0.3 is 9.16 Å². The number of nitrogens with zero attached hydrogens (tertiary/aromatic N) is 3. The average molecular weight is 448 g/mol. The lowest BCUT2D eigenvalue weighted by Crippen LogP contribution is -2.49. The lowest BCUT2D eigenvalue weighted by Gasteiger charge is -2.42. The number of rotatable bonds is 10. The van der Waals surface area contributed by atoms with Crippen molar-refractivity contribution in [3.05, 3.63) is 42.1 Å². The van der Waals surface area contributed by atoms with Gasteiger partial charge in [0.1, 0.15) is 11.9 Å². The second-order valence-corrected chi connectivity index (χ2v) is 14.5. The maximum absolute atomic E-state index is 12.6. The van der Waals surface area contributed by atoms with Crippen molar-refractivity contribution >= 4 is 20.0 Å². The van der Waals surface area contributed by atoms with Gasteiger partial charge in [-0.05, 0) is 41.7 Å². The lowest BCUT2D eigenvalue weighted by atomic mass is 10.2. The van der Waals surface area contributed by atoms with E-state index in [4.69, 9.17) is 9.16 Å². The fourth-order valence-corrected chi connectivity index (χ4v) is 10.00. The van der Waals surface area contributed by atoms with Gasteiger partial charge in [-0.1, -0.05) is 47.6 Å².